The molecule has 0 aliphatic rings. The van der Waals surface area contributed by atoms with Crippen molar-refractivity contribution in [1.29, 1.82) is 0 Å². The summed E-state index contributed by atoms with van der Waals surface area (Å²) in [6, 6.07) is 2.04. The van der Waals surface area contributed by atoms with Gasteiger partial charge in [0, 0.05) is 18.0 Å². The van der Waals surface area contributed by atoms with E-state index < -0.39 is 0 Å². The molecule has 0 bridgehead atoms. The molecule has 90 valence electrons. The van der Waals surface area contributed by atoms with Gasteiger partial charge in [-0.15, -0.1) is 0 Å². The summed E-state index contributed by atoms with van der Waals surface area (Å²) in [5.74, 6) is 1.98. The zero-order chi connectivity index (χ0) is 12.4. The smallest absolute Gasteiger partial charge is 0.162 e. The normalized spacial score (nSPS) is 10.9. The van der Waals surface area contributed by atoms with Gasteiger partial charge >= 0.3 is 0 Å². The summed E-state index contributed by atoms with van der Waals surface area (Å²) in [5, 5.41) is 7.20. The first kappa shape index (κ1) is 12.5. The van der Waals surface area contributed by atoms with Gasteiger partial charge in [-0.3, -0.25) is 0 Å². The maximum Gasteiger partial charge on any atom is 0.162 e. The summed E-state index contributed by atoms with van der Waals surface area (Å²) >= 11 is 5.21. The lowest BCUT2D eigenvalue weighted by atomic mass is 10.1. The number of hydrogen-bond acceptors (Lipinski definition) is 4. The van der Waals surface area contributed by atoms with Gasteiger partial charge in [0.2, 0.25) is 0 Å². The fourth-order valence-corrected chi connectivity index (χ4v) is 3.00. The molecule has 2 heterocycles. The van der Waals surface area contributed by atoms with Crippen LogP contribution in [0.4, 0.5) is 5.82 Å². The molecule has 0 saturated carbocycles. The minimum Gasteiger partial charge on any atom is -0.372 e. The standard InChI is InChI=1S/C12H14BrN3S/c1-7(2)10-9(13)12(14-3)16-11(15-10)8-4-5-17-6-8/h4-7H,1-3H3,(H,14,15,16). The van der Waals surface area contributed by atoms with Gasteiger partial charge in [-0.25, -0.2) is 9.97 Å². The second-order valence-electron chi connectivity index (χ2n) is 4.01. The highest BCUT2D eigenvalue weighted by molar-refractivity contribution is 9.10. The largest absolute Gasteiger partial charge is 0.372 e. The molecule has 0 amide bonds. The summed E-state index contributed by atoms with van der Waals surface area (Å²) in [6.45, 7) is 4.26. The van der Waals surface area contributed by atoms with Crippen LogP contribution in [0.2, 0.25) is 0 Å². The van der Waals surface area contributed by atoms with Crippen molar-refractivity contribution in [3.8, 4) is 11.4 Å². The molecule has 0 aliphatic heterocycles. The second-order valence-corrected chi connectivity index (χ2v) is 5.58. The van der Waals surface area contributed by atoms with Gasteiger partial charge in [-0.1, -0.05) is 13.8 Å². The Labute approximate surface area is 113 Å². The molecule has 0 aliphatic carbocycles. The van der Waals surface area contributed by atoms with E-state index in [9.17, 15) is 0 Å². The molecule has 0 unspecified atom stereocenters. The summed E-state index contributed by atoms with van der Waals surface area (Å²) < 4.78 is 0.953. The van der Waals surface area contributed by atoms with E-state index in [0.29, 0.717) is 5.92 Å². The number of thiophene rings is 1. The maximum absolute atomic E-state index is 4.63. The van der Waals surface area contributed by atoms with Crippen LogP contribution in [0.1, 0.15) is 25.5 Å². The monoisotopic (exact) mass is 311 g/mol. The molecule has 5 heteroatoms. The number of aromatic nitrogens is 2. The molecule has 0 atom stereocenters. The average Bonchev–Trinajstić information content (AvgIpc) is 2.82. The van der Waals surface area contributed by atoms with Crippen LogP contribution < -0.4 is 5.32 Å². The Bertz CT molecular complexity index is 509. The first-order valence-electron chi connectivity index (χ1n) is 5.41. The molecular formula is C12H14BrN3S. The van der Waals surface area contributed by atoms with Crippen LogP contribution in [-0.2, 0) is 0 Å². The Kier molecular flexibility index (Phi) is 3.79. The highest BCUT2D eigenvalue weighted by Crippen LogP contribution is 2.31. The predicted molar refractivity (Wildman–Crippen MR) is 76.7 cm³/mol. The van der Waals surface area contributed by atoms with E-state index in [2.05, 4.69) is 50.4 Å². The van der Waals surface area contributed by atoms with E-state index >= 15 is 0 Å². The van der Waals surface area contributed by atoms with Crippen LogP contribution in [0.15, 0.2) is 21.3 Å². The Hall–Kier alpha value is -0.940. The molecule has 17 heavy (non-hydrogen) atoms. The molecule has 0 saturated heterocycles. The molecule has 0 aromatic carbocycles. The van der Waals surface area contributed by atoms with Crippen LogP contribution in [-0.4, -0.2) is 17.0 Å². The topological polar surface area (TPSA) is 37.8 Å². The Morgan fingerprint density at radius 1 is 1.35 bits per heavy atom. The number of nitrogens with one attached hydrogen (secondary N) is 1. The number of nitrogens with zero attached hydrogens (tertiary/aromatic N) is 2. The Balaban J connectivity index is 2.59. The lowest BCUT2D eigenvalue weighted by molar-refractivity contribution is 0.810. The third-order valence-corrected chi connectivity index (χ3v) is 3.90. The van der Waals surface area contributed by atoms with Crippen molar-refractivity contribution in [2.45, 2.75) is 19.8 Å². The quantitative estimate of drug-likeness (QED) is 0.926. The zero-order valence-electron chi connectivity index (χ0n) is 9.99. The maximum atomic E-state index is 4.63. The van der Waals surface area contributed by atoms with Gasteiger partial charge in [0.05, 0.1) is 10.2 Å². The lowest BCUT2D eigenvalue weighted by Gasteiger charge is -2.12. The van der Waals surface area contributed by atoms with Crippen LogP contribution in [0.25, 0.3) is 11.4 Å². The van der Waals surface area contributed by atoms with Crippen LogP contribution >= 0.6 is 27.3 Å². The van der Waals surface area contributed by atoms with E-state index in [0.717, 1.165) is 27.4 Å². The summed E-state index contributed by atoms with van der Waals surface area (Å²) in [4.78, 5) is 9.15. The summed E-state index contributed by atoms with van der Waals surface area (Å²) in [5.41, 5.74) is 2.10. The molecule has 2 rings (SSSR count). The van der Waals surface area contributed by atoms with Gasteiger partial charge in [0.15, 0.2) is 5.82 Å². The summed E-state index contributed by atoms with van der Waals surface area (Å²) in [6.07, 6.45) is 0. The van der Waals surface area contributed by atoms with Crippen LogP contribution in [0.3, 0.4) is 0 Å². The third-order valence-electron chi connectivity index (χ3n) is 2.44. The average molecular weight is 312 g/mol. The second kappa shape index (κ2) is 5.14. The van der Waals surface area contributed by atoms with Crippen molar-refractivity contribution in [2.24, 2.45) is 0 Å². The van der Waals surface area contributed by atoms with Gasteiger partial charge in [-0.2, -0.15) is 11.3 Å². The summed E-state index contributed by atoms with van der Waals surface area (Å²) in [7, 11) is 1.87. The van der Waals surface area contributed by atoms with E-state index in [-0.39, 0.29) is 0 Å². The Morgan fingerprint density at radius 3 is 2.65 bits per heavy atom. The van der Waals surface area contributed by atoms with E-state index in [1.807, 2.05) is 18.5 Å². The van der Waals surface area contributed by atoms with Gasteiger partial charge in [-0.05, 0) is 33.3 Å². The van der Waals surface area contributed by atoms with E-state index in [4.69, 9.17) is 0 Å². The number of rotatable bonds is 3. The highest BCUT2D eigenvalue weighted by atomic mass is 79.9. The molecule has 0 fully saturated rings. The first-order chi connectivity index (χ1) is 8.13. The number of halogens is 1. The molecule has 1 N–H and O–H groups in total. The molecule has 2 aromatic heterocycles. The molecular weight excluding hydrogens is 298 g/mol. The minimum absolute atomic E-state index is 0.358. The SMILES string of the molecule is CNc1nc(-c2ccsc2)nc(C(C)C)c1Br. The first-order valence-corrected chi connectivity index (χ1v) is 7.14. The fourth-order valence-electron chi connectivity index (χ4n) is 1.53. The molecule has 0 spiro atoms. The van der Waals surface area contributed by atoms with Crippen molar-refractivity contribution in [3.63, 3.8) is 0 Å². The van der Waals surface area contributed by atoms with E-state index in [1.165, 1.54) is 0 Å². The molecule has 3 nitrogen and oxygen atoms in total. The number of anilines is 1. The van der Waals surface area contributed by atoms with E-state index in [1.54, 1.807) is 11.3 Å². The van der Waals surface area contributed by atoms with Crippen molar-refractivity contribution < 1.29 is 0 Å². The van der Waals surface area contributed by atoms with Crippen molar-refractivity contribution >= 4 is 33.1 Å². The molecule has 2 aromatic rings. The van der Waals surface area contributed by atoms with Crippen molar-refractivity contribution in [3.05, 3.63) is 27.0 Å². The zero-order valence-corrected chi connectivity index (χ0v) is 12.4. The fraction of sp³-hybridized carbons (Fsp3) is 0.333. The van der Waals surface area contributed by atoms with Crippen molar-refractivity contribution in [2.75, 3.05) is 12.4 Å². The van der Waals surface area contributed by atoms with Gasteiger partial charge in [0.1, 0.15) is 5.82 Å². The third kappa shape index (κ3) is 2.50. The van der Waals surface area contributed by atoms with Gasteiger partial charge < -0.3 is 5.32 Å². The van der Waals surface area contributed by atoms with Crippen LogP contribution in [0, 0.1) is 0 Å². The van der Waals surface area contributed by atoms with Gasteiger partial charge in [0.25, 0.3) is 0 Å². The van der Waals surface area contributed by atoms with Crippen molar-refractivity contribution in [1.82, 2.24) is 9.97 Å². The predicted octanol–water partition coefficient (Wildman–Crippen LogP) is 4.13. The highest BCUT2D eigenvalue weighted by Gasteiger charge is 2.15. The number of hydrogen-bond donors (Lipinski definition) is 1. The minimum atomic E-state index is 0.358. The molecule has 0 radical (unpaired) electrons. The Morgan fingerprint density at radius 2 is 2.12 bits per heavy atom. The lowest BCUT2D eigenvalue weighted by Crippen LogP contribution is -2.04. The van der Waals surface area contributed by atoms with Crippen LogP contribution in [0.5, 0.6) is 0 Å².